The molecule has 0 aliphatic carbocycles. The molecule has 1 N–H and O–H groups in total. The molecule has 0 fully saturated rings. The van der Waals surface area contributed by atoms with E-state index in [1.165, 1.54) is 10.5 Å². The Labute approximate surface area is 131 Å². The minimum Gasteiger partial charge on any atom is -0.373 e. The van der Waals surface area contributed by atoms with E-state index in [4.69, 9.17) is 0 Å². The second-order valence-corrected chi connectivity index (χ2v) is 6.77. The van der Waals surface area contributed by atoms with Crippen LogP contribution in [-0.2, 0) is 0 Å². The van der Waals surface area contributed by atoms with Crippen LogP contribution < -0.4 is 5.32 Å². The Kier molecular flexibility index (Phi) is 5.23. The number of hydrogen-bond acceptors (Lipinski definition) is 4. The Hall–Kier alpha value is -1.55. The van der Waals surface area contributed by atoms with Crippen molar-refractivity contribution in [2.75, 3.05) is 12.4 Å². The number of aromatic nitrogens is 2. The van der Waals surface area contributed by atoms with E-state index in [2.05, 4.69) is 67.2 Å². The first-order valence-electron chi connectivity index (χ1n) is 7.34. The molecule has 0 aliphatic rings. The van der Waals surface area contributed by atoms with Crippen molar-refractivity contribution in [1.82, 2.24) is 9.97 Å². The Morgan fingerprint density at radius 3 is 2.14 bits per heavy atom. The molecule has 0 spiro atoms. The summed E-state index contributed by atoms with van der Waals surface area (Å²) in [6.45, 7) is 8.64. The highest BCUT2D eigenvalue weighted by Crippen LogP contribution is 2.29. The zero-order valence-electron chi connectivity index (χ0n) is 13.3. The van der Waals surface area contributed by atoms with Crippen LogP contribution in [0.1, 0.15) is 50.9 Å². The van der Waals surface area contributed by atoms with Gasteiger partial charge in [-0.1, -0.05) is 51.6 Å². The van der Waals surface area contributed by atoms with E-state index >= 15 is 0 Å². The fraction of sp³-hybridized carbons (Fsp3) is 0.412. The lowest BCUT2D eigenvalue weighted by Gasteiger charge is -2.10. The molecule has 1 aromatic heterocycles. The molecule has 0 saturated heterocycles. The fourth-order valence-corrected chi connectivity index (χ4v) is 2.75. The van der Waals surface area contributed by atoms with Gasteiger partial charge < -0.3 is 5.32 Å². The minimum atomic E-state index is 0.320. The second-order valence-electron chi connectivity index (χ2n) is 5.68. The summed E-state index contributed by atoms with van der Waals surface area (Å²) in [6, 6.07) is 10.7. The van der Waals surface area contributed by atoms with Crippen molar-refractivity contribution < 1.29 is 0 Å². The molecule has 1 heterocycles. The molecule has 0 bridgehead atoms. The van der Waals surface area contributed by atoms with Gasteiger partial charge in [0, 0.05) is 23.9 Å². The van der Waals surface area contributed by atoms with Gasteiger partial charge >= 0.3 is 0 Å². The van der Waals surface area contributed by atoms with Crippen molar-refractivity contribution in [1.29, 1.82) is 0 Å². The van der Waals surface area contributed by atoms with E-state index in [0.717, 1.165) is 16.7 Å². The molecule has 0 aliphatic heterocycles. The number of hydrogen-bond donors (Lipinski definition) is 1. The maximum absolute atomic E-state index is 4.65. The van der Waals surface area contributed by atoms with E-state index in [0.29, 0.717) is 11.8 Å². The maximum Gasteiger partial charge on any atom is 0.134 e. The molecule has 21 heavy (non-hydrogen) atoms. The van der Waals surface area contributed by atoms with Gasteiger partial charge in [-0.15, -0.1) is 0 Å². The lowest BCUT2D eigenvalue weighted by molar-refractivity contribution is 0.755. The molecule has 112 valence electrons. The first-order valence-corrected chi connectivity index (χ1v) is 8.15. The summed E-state index contributed by atoms with van der Waals surface area (Å²) in [4.78, 5) is 10.3. The van der Waals surface area contributed by atoms with Gasteiger partial charge in [-0.05, 0) is 23.6 Å². The monoisotopic (exact) mass is 301 g/mol. The van der Waals surface area contributed by atoms with Crippen LogP contribution >= 0.6 is 11.8 Å². The van der Waals surface area contributed by atoms with Gasteiger partial charge in [0.05, 0.1) is 0 Å². The smallest absolute Gasteiger partial charge is 0.134 e. The van der Waals surface area contributed by atoms with Crippen molar-refractivity contribution in [2.24, 2.45) is 0 Å². The van der Waals surface area contributed by atoms with E-state index in [1.807, 2.05) is 13.1 Å². The third kappa shape index (κ3) is 4.21. The molecule has 4 heteroatoms. The average molecular weight is 301 g/mol. The van der Waals surface area contributed by atoms with Gasteiger partial charge in [0.15, 0.2) is 0 Å². The highest BCUT2D eigenvalue weighted by Gasteiger charge is 2.09. The lowest BCUT2D eigenvalue weighted by Crippen LogP contribution is -2.02. The Morgan fingerprint density at radius 2 is 1.62 bits per heavy atom. The number of rotatable bonds is 5. The van der Waals surface area contributed by atoms with E-state index in [-0.39, 0.29) is 0 Å². The lowest BCUT2D eigenvalue weighted by atomic mass is 10.0. The molecular weight excluding hydrogens is 278 g/mol. The molecule has 0 saturated carbocycles. The molecule has 2 aromatic rings. The number of anilines is 1. The molecule has 0 unspecified atom stereocenters. The fourth-order valence-electron chi connectivity index (χ4n) is 1.92. The summed E-state index contributed by atoms with van der Waals surface area (Å²) in [5, 5.41) is 4.09. The third-order valence-electron chi connectivity index (χ3n) is 3.26. The summed E-state index contributed by atoms with van der Waals surface area (Å²) in [6.07, 6.45) is 0. The minimum absolute atomic E-state index is 0.320. The van der Waals surface area contributed by atoms with Gasteiger partial charge in [-0.2, -0.15) is 0 Å². The highest BCUT2D eigenvalue weighted by atomic mass is 32.2. The van der Waals surface area contributed by atoms with Crippen molar-refractivity contribution in [3.8, 4) is 0 Å². The predicted molar refractivity (Wildman–Crippen MR) is 90.3 cm³/mol. The van der Waals surface area contributed by atoms with E-state index in [1.54, 1.807) is 11.8 Å². The first-order chi connectivity index (χ1) is 9.99. The first kappa shape index (κ1) is 15.8. The highest BCUT2D eigenvalue weighted by molar-refractivity contribution is 7.99. The van der Waals surface area contributed by atoms with Gasteiger partial charge in [-0.3, -0.25) is 0 Å². The summed E-state index contributed by atoms with van der Waals surface area (Å²) >= 11 is 1.68. The quantitative estimate of drug-likeness (QED) is 0.796. The SMILES string of the molecule is CNc1cc(Sc2ccc(C(C)C)cc2)nc(C(C)C)n1. The largest absolute Gasteiger partial charge is 0.373 e. The Balaban J connectivity index is 2.24. The molecule has 0 radical (unpaired) electrons. The van der Waals surface area contributed by atoms with Crippen LogP contribution in [-0.4, -0.2) is 17.0 Å². The van der Waals surface area contributed by atoms with Crippen LogP contribution in [0.15, 0.2) is 40.3 Å². The molecular formula is C17H23N3S. The molecule has 1 aromatic carbocycles. The Morgan fingerprint density at radius 1 is 0.952 bits per heavy atom. The van der Waals surface area contributed by atoms with Crippen LogP contribution in [0, 0.1) is 0 Å². The van der Waals surface area contributed by atoms with E-state index < -0.39 is 0 Å². The van der Waals surface area contributed by atoms with E-state index in [9.17, 15) is 0 Å². The van der Waals surface area contributed by atoms with Crippen molar-refractivity contribution >= 4 is 17.6 Å². The summed E-state index contributed by atoms with van der Waals surface area (Å²) < 4.78 is 0. The standard InChI is InChI=1S/C17H23N3S/c1-11(2)13-6-8-14(9-7-13)21-16-10-15(18-5)19-17(20-16)12(3)4/h6-12H,1-5H3,(H,18,19,20). The van der Waals surface area contributed by atoms with Crippen molar-refractivity contribution in [2.45, 2.75) is 49.5 Å². The van der Waals surface area contributed by atoms with Crippen LogP contribution in [0.4, 0.5) is 5.82 Å². The zero-order chi connectivity index (χ0) is 15.4. The summed E-state index contributed by atoms with van der Waals surface area (Å²) in [7, 11) is 1.89. The zero-order valence-corrected chi connectivity index (χ0v) is 14.2. The third-order valence-corrected chi connectivity index (χ3v) is 4.19. The second kappa shape index (κ2) is 6.94. The van der Waals surface area contributed by atoms with Crippen LogP contribution in [0.2, 0.25) is 0 Å². The number of nitrogens with one attached hydrogen (secondary N) is 1. The van der Waals surface area contributed by atoms with Gasteiger partial charge in [0.1, 0.15) is 16.7 Å². The van der Waals surface area contributed by atoms with Crippen molar-refractivity contribution in [3.63, 3.8) is 0 Å². The predicted octanol–water partition coefficient (Wildman–Crippen LogP) is 4.92. The Bertz CT molecular complexity index is 591. The van der Waals surface area contributed by atoms with Gasteiger partial charge in [0.25, 0.3) is 0 Å². The molecule has 0 atom stereocenters. The normalized spacial score (nSPS) is 11.2. The molecule has 3 nitrogen and oxygen atoms in total. The molecule has 2 rings (SSSR count). The topological polar surface area (TPSA) is 37.8 Å². The van der Waals surface area contributed by atoms with Crippen molar-refractivity contribution in [3.05, 3.63) is 41.7 Å². The van der Waals surface area contributed by atoms with Crippen LogP contribution in [0.25, 0.3) is 0 Å². The van der Waals surface area contributed by atoms with Crippen LogP contribution in [0.3, 0.4) is 0 Å². The van der Waals surface area contributed by atoms with Crippen LogP contribution in [0.5, 0.6) is 0 Å². The summed E-state index contributed by atoms with van der Waals surface area (Å²) in [5.41, 5.74) is 1.36. The van der Waals surface area contributed by atoms with Gasteiger partial charge in [-0.25, -0.2) is 9.97 Å². The number of nitrogens with zero attached hydrogens (tertiary/aromatic N) is 2. The molecule has 0 amide bonds. The number of benzene rings is 1. The summed E-state index contributed by atoms with van der Waals surface area (Å²) in [5.74, 6) is 2.63. The average Bonchev–Trinajstić information content (AvgIpc) is 2.47. The van der Waals surface area contributed by atoms with Gasteiger partial charge in [0.2, 0.25) is 0 Å². The maximum atomic E-state index is 4.65.